The number of nitrogen functional groups attached to an aromatic ring is 1. The van der Waals surface area contributed by atoms with Crippen LogP contribution in [0.15, 0.2) is 12.3 Å². The fraction of sp³-hybridized carbons (Fsp3) is 0.600. The summed E-state index contributed by atoms with van der Waals surface area (Å²) >= 11 is 0. The van der Waals surface area contributed by atoms with Gasteiger partial charge in [0, 0.05) is 25.9 Å². The molecule has 1 rings (SSSR count). The molecule has 0 unspecified atom stereocenters. The molecule has 1 heterocycles. The molecule has 16 heavy (non-hydrogen) atoms. The lowest BCUT2D eigenvalue weighted by Crippen LogP contribution is -2.35. The minimum absolute atomic E-state index is 0.0148. The van der Waals surface area contributed by atoms with Gasteiger partial charge in [-0.2, -0.15) is 5.10 Å². The van der Waals surface area contributed by atoms with Crippen LogP contribution in [0.25, 0.3) is 0 Å². The van der Waals surface area contributed by atoms with E-state index >= 15 is 0 Å². The van der Waals surface area contributed by atoms with Crippen molar-refractivity contribution in [1.29, 1.82) is 0 Å². The largest absolute Gasteiger partial charge is 0.396 e. The maximum Gasteiger partial charge on any atom is 0.244 e. The normalized spacial score (nSPS) is 10.4. The Bertz CT molecular complexity index is 337. The zero-order valence-electron chi connectivity index (χ0n) is 9.46. The average Bonchev–Trinajstić information content (AvgIpc) is 2.65. The van der Waals surface area contributed by atoms with E-state index in [1.165, 1.54) is 4.68 Å². The quantitative estimate of drug-likeness (QED) is 0.697. The molecule has 0 aliphatic rings. The number of likely N-dealkylation sites (N-methyl/N-ethyl adjacent to an activating group) is 1. The Kier molecular flexibility index (Phi) is 4.78. The highest BCUT2D eigenvalue weighted by molar-refractivity contribution is 5.75. The SMILES string of the molecule is CCN(CCCO)C(=O)Cn1ccc(N)n1. The molecule has 1 aromatic heterocycles. The van der Waals surface area contributed by atoms with Crippen molar-refractivity contribution in [2.45, 2.75) is 19.9 Å². The van der Waals surface area contributed by atoms with Gasteiger partial charge in [0.25, 0.3) is 0 Å². The van der Waals surface area contributed by atoms with Gasteiger partial charge in [-0.25, -0.2) is 0 Å². The Morgan fingerprint density at radius 1 is 1.69 bits per heavy atom. The van der Waals surface area contributed by atoms with Crippen LogP contribution in [0.1, 0.15) is 13.3 Å². The number of rotatable bonds is 6. The van der Waals surface area contributed by atoms with E-state index in [9.17, 15) is 4.79 Å². The van der Waals surface area contributed by atoms with Gasteiger partial charge in [0.05, 0.1) is 0 Å². The van der Waals surface area contributed by atoms with E-state index in [0.29, 0.717) is 25.3 Å². The third-order valence-corrected chi connectivity index (χ3v) is 2.28. The minimum Gasteiger partial charge on any atom is -0.396 e. The first-order valence-corrected chi connectivity index (χ1v) is 5.35. The van der Waals surface area contributed by atoms with Crippen LogP contribution in [-0.4, -0.2) is 45.4 Å². The molecule has 0 aliphatic heterocycles. The minimum atomic E-state index is -0.0148. The molecule has 3 N–H and O–H groups in total. The Balaban J connectivity index is 2.49. The summed E-state index contributed by atoms with van der Waals surface area (Å²) in [7, 11) is 0. The van der Waals surface area contributed by atoms with Gasteiger partial charge < -0.3 is 15.7 Å². The third-order valence-electron chi connectivity index (χ3n) is 2.28. The molecule has 1 amide bonds. The number of aliphatic hydroxyl groups is 1. The Morgan fingerprint density at radius 3 is 2.94 bits per heavy atom. The molecule has 6 heteroatoms. The Morgan fingerprint density at radius 2 is 2.44 bits per heavy atom. The Hall–Kier alpha value is -1.56. The molecule has 90 valence electrons. The number of aromatic nitrogens is 2. The van der Waals surface area contributed by atoms with E-state index in [4.69, 9.17) is 10.8 Å². The van der Waals surface area contributed by atoms with Gasteiger partial charge in [-0.15, -0.1) is 0 Å². The van der Waals surface area contributed by atoms with Crippen LogP contribution in [0.3, 0.4) is 0 Å². The van der Waals surface area contributed by atoms with Crippen LogP contribution in [0.4, 0.5) is 5.82 Å². The van der Waals surface area contributed by atoms with E-state index in [2.05, 4.69) is 5.10 Å². The second kappa shape index (κ2) is 6.12. The number of carbonyl (C=O) groups excluding carboxylic acids is 1. The van der Waals surface area contributed by atoms with E-state index < -0.39 is 0 Å². The fourth-order valence-corrected chi connectivity index (χ4v) is 1.42. The standard InChI is InChI=1S/C10H18N4O2/c1-2-13(5-3-7-15)10(16)8-14-6-4-9(11)12-14/h4,6,15H,2-3,5,7-8H2,1H3,(H2,11,12). The van der Waals surface area contributed by atoms with Crippen molar-refractivity contribution in [1.82, 2.24) is 14.7 Å². The van der Waals surface area contributed by atoms with Crippen LogP contribution in [0, 0.1) is 0 Å². The highest BCUT2D eigenvalue weighted by atomic mass is 16.3. The topological polar surface area (TPSA) is 84.4 Å². The van der Waals surface area contributed by atoms with E-state index in [1.807, 2.05) is 6.92 Å². The molecular weight excluding hydrogens is 208 g/mol. The summed E-state index contributed by atoms with van der Waals surface area (Å²) in [6.45, 7) is 3.40. The molecule has 0 aliphatic carbocycles. The fourth-order valence-electron chi connectivity index (χ4n) is 1.42. The molecule has 1 aromatic rings. The molecule has 6 nitrogen and oxygen atoms in total. The molecule has 0 fully saturated rings. The second-order valence-corrected chi connectivity index (χ2v) is 3.49. The molecule has 0 saturated carbocycles. The summed E-state index contributed by atoms with van der Waals surface area (Å²) in [5, 5.41) is 12.7. The predicted octanol–water partition coefficient (Wildman–Crippen LogP) is -0.304. The van der Waals surface area contributed by atoms with Crippen molar-refractivity contribution in [2.75, 3.05) is 25.4 Å². The second-order valence-electron chi connectivity index (χ2n) is 3.49. The first kappa shape index (κ1) is 12.5. The average molecular weight is 226 g/mol. The van der Waals surface area contributed by atoms with Crippen LogP contribution in [0.5, 0.6) is 0 Å². The number of amides is 1. The molecule has 0 aromatic carbocycles. The summed E-state index contributed by atoms with van der Waals surface area (Å²) in [6, 6.07) is 1.65. The Labute approximate surface area is 94.6 Å². The van der Waals surface area contributed by atoms with Crippen LogP contribution in [0.2, 0.25) is 0 Å². The lowest BCUT2D eigenvalue weighted by molar-refractivity contribution is -0.132. The lowest BCUT2D eigenvalue weighted by atomic mass is 10.3. The van der Waals surface area contributed by atoms with Gasteiger partial charge in [0.15, 0.2) is 0 Å². The zero-order chi connectivity index (χ0) is 12.0. The number of nitrogens with zero attached hydrogens (tertiary/aromatic N) is 3. The molecule has 0 saturated heterocycles. The summed E-state index contributed by atoms with van der Waals surface area (Å²) in [5.41, 5.74) is 5.45. The highest BCUT2D eigenvalue weighted by Crippen LogP contribution is 1.99. The number of carbonyl (C=O) groups is 1. The van der Waals surface area contributed by atoms with E-state index in [1.54, 1.807) is 17.2 Å². The van der Waals surface area contributed by atoms with Gasteiger partial charge in [-0.05, 0) is 19.4 Å². The van der Waals surface area contributed by atoms with Crippen molar-refractivity contribution in [3.63, 3.8) is 0 Å². The highest BCUT2D eigenvalue weighted by Gasteiger charge is 2.11. The maximum atomic E-state index is 11.8. The van der Waals surface area contributed by atoms with Gasteiger partial charge >= 0.3 is 0 Å². The van der Waals surface area contributed by atoms with E-state index in [0.717, 1.165) is 0 Å². The van der Waals surface area contributed by atoms with Crippen molar-refractivity contribution >= 4 is 11.7 Å². The first-order chi connectivity index (χ1) is 7.67. The molecule has 0 spiro atoms. The predicted molar refractivity (Wildman–Crippen MR) is 60.6 cm³/mol. The number of hydrogen-bond acceptors (Lipinski definition) is 4. The van der Waals surface area contributed by atoms with Crippen LogP contribution in [-0.2, 0) is 11.3 Å². The number of anilines is 1. The summed E-state index contributed by atoms with van der Waals surface area (Å²) in [6.07, 6.45) is 2.27. The summed E-state index contributed by atoms with van der Waals surface area (Å²) < 4.78 is 1.51. The lowest BCUT2D eigenvalue weighted by Gasteiger charge is -2.20. The smallest absolute Gasteiger partial charge is 0.244 e. The molecule has 0 radical (unpaired) electrons. The van der Waals surface area contributed by atoms with Crippen molar-refractivity contribution in [3.8, 4) is 0 Å². The van der Waals surface area contributed by atoms with Crippen LogP contribution < -0.4 is 5.73 Å². The number of hydrogen-bond donors (Lipinski definition) is 2. The zero-order valence-corrected chi connectivity index (χ0v) is 9.46. The first-order valence-electron chi connectivity index (χ1n) is 5.35. The summed E-state index contributed by atoms with van der Waals surface area (Å²) in [5.74, 6) is 0.394. The number of aliphatic hydroxyl groups excluding tert-OH is 1. The van der Waals surface area contributed by atoms with Gasteiger partial charge in [0.2, 0.25) is 5.91 Å². The maximum absolute atomic E-state index is 11.8. The van der Waals surface area contributed by atoms with Gasteiger partial charge in [-0.3, -0.25) is 9.48 Å². The van der Waals surface area contributed by atoms with Crippen molar-refractivity contribution < 1.29 is 9.90 Å². The monoisotopic (exact) mass is 226 g/mol. The van der Waals surface area contributed by atoms with E-state index in [-0.39, 0.29) is 19.1 Å². The van der Waals surface area contributed by atoms with Gasteiger partial charge in [-0.1, -0.05) is 0 Å². The van der Waals surface area contributed by atoms with Crippen molar-refractivity contribution in [3.05, 3.63) is 12.3 Å². The summed E-state index contributed by atoms with van der Waals surface area (Å²) in [4.78, 5) is 13.5. The third kappa shape index (κ3) is 3.54. The number of nitrogens with two attached hydrogens (primary N) is 1. The van der Waals surface area contributed by atoms with Gasteiger partial charge in [0.1, 0.15) is 12.4 Å². The van der Waals surface area contributed by atoms with Crippen molar-refractivity contribution in [2.24, 2.45) is 0 Å². The van der Waals surface area contributed by atoms with Crippen LogP contribution >= 0.6 is 0 Å². The molecule has 0 bridgehead atoms. The molecular formula is C10H18N4O2. The molecule has 0 atom stereocenters.